The van der Waals surface area contributed by atoms with Gasteiger partial charge < -0.3 is 10.8 Å². The molecule has 0 aliphatic rings. The minimum Gasteiger partial charge on any atom is -0.386 e. The van der Waals surface area contributed by atoms with Gasteiger partial charge >= 0.3 is 0 Å². The molecule has 0 aliphatic carbocycles. The standard InChI is InChI=1S/C8H12ClNOS/c1-2-6(10)8(11)7-3-5(9)4-12-7/h3-4,6,8,11H,2,10H2,1H3. The fourth-order valence-corrected chi connectivity index (χ4v) is 2.06. The number of hydrogen-bond acceptors (Lipinski definition) is 3. The summed E-state index contributed by atoms with van der Waals surface area (Å²) in [7, 11) is 0. The number of halogens is 1. The molecule has 12 heavy (non-hydrogen) atoms. The molecule has 0 saturated carbocycles. The van der Waals surface area contributed by atoms with E-state index in [1.807, 2.05) is 6.92 Å². The van der Waals surface area contributed by atoms with Gasteiger partial charge in [-0.2, -0.15) is 0 Å². The Morgan fingerprint density at radius 3 is 2.83 bits per heavy atom. The number of hydrogen-bond donors (Lipinski definition) is 2. The summed E-state index contributed by atoms with van der Waals surface area (Å²) in [6, 6.07) is 1.56. The number of aliphatic hydroxyl groups excluding tert-OH is 1. The third kappa shape index (κ3) is 2.20. The van der Waals surface area contributed by atoms with Gasteiger partial charge in [0.2, 0.25) is 0 Å². The highest BCUT2D eigenvalue weighted by Crippen LogP contribution is 2.27. The molecule has 0 radical (unpaired) electrons. The van der Waals surface area contributed by atoms with E-state index in [2.05, 4.69) is 0 Å². The van der Waals surface area contributed by atoms with Crippen molar-refractivity contribution in [1.29, 1.82) is 0 Å². The first kappa shape index (κ1) is 9.99. The van der Waals surface area contributed by atoms with E-state index in [4.69, 9.17) is 17.3 Å². The van der Waals surface area contributed by atoms with Gasteiger partial charge in [0.25, 0.3) is 0 Å². The third-order valence-electron chi connectivity index (χ3n) is 1.76. The molecule has 2 atom stereocenters. The van der Waals surface area contributed by atoms with Crippen LogP contribution in [0.15, 0.2) is 11.4 Å². The van der Waals surface area contributed by atoms with Crippen molar-refractivity contribution in [3.8, 4) is 0 Å². The highest BCUT2D eigenvalue weighted by atomic mass is 35.5. The number of nitrogens with two attached hydrogens (primary N) is 1. The van der Waals surface area contributed by atoms with E-state index in [0.29, 0.717) is 5.02 Å². The van der Waals surface area contributed by atoms with E-state index in [-0.39, 0.29) is 6.04 Å². The van der Waals surface area contributed by atoms with E-state index in [0.717, 1.165) is 11.3 Å². The van der Waals surface area contributed by atoms with E-state index >= 15 is 0 Å². The average molecular weight is 206 g/mol. The van der Waals surface area contributed by atoms with Crippen molar-refractivity contribution in [2.75, 3.05) is 0 Å². The van der Waals surface area contributed by atoms with Crippen molar-refractivity contribution in [3.05, 3.63) is 21.3 Å². The Balaban J connectivity index is 2.70. The second kappa shape index (κ2) is 4.23. The van der Waals surface area contributed by atoms with Gasteiger partial charge in [-0.3, -0.25) is 0 Å². The Hall–Kier alpha value is -0.0900. The topological polar surface area (TPSA) is 46.2 Å². The quantitative estimate of drug-likeness (QED) is 0.795. The van der Waals surface area contributed by atoms with Crippen molar-refractivity contribution in [2.45, 2.75) is 25.5 Å². The van der Waals surface area contributed by atoms with Gasteiger partial charge in [0.05, 0.1) is 5.02 Å². The Kier molecular flexibility index (Phi) is 3.53. The summed E-state index contributed by atoms with van der Waals surface area (Å²) in [5.74, 6) is 0. The fourth-order valence-electron chi connectivity index (χ4n) is 0.918. The Morgan fingerprint density at radius 1 is 1.75 bits per heavy atom. The minimum atomic E-state index is -0.576. The summed E-state index contributed by atoms with van der Waals surface area (Å²) in [5, 5.41) is 12.1. The van der Waals surface area contributed by atoms with Crippen LogP contribution in [-0.2, 0) is 0 Å². The van der Waals surface area contributed by atoms with Crippen LogP contribution in [0, 0.1) is 0 Å². The van der Waals surface area contributed by atoms with Crippen LogP contribution in [-0.4, -0.2) is 11.1 Å². The SMILES string of the molecule is CCC(N)C(O)c1cc(Cl)cs1. The van der Waals surface area contributed by atoms with Crippen molar-refractivity contribution in [2.24, 2.45) is 5.73 Å². The number of rotatable bonds is 3. The van der Waals surface area contributed by atoms with E-state index in [1.54, 1.807) is 11.4 Å². The first-order chi connectivity index (χ1) is 5.65. The molecule has 2 nitrogen and oxygen atoms in total. The highest BCUT2D eigenvalue weighted by Gasteiger charge is 2.16. The van der Waals surface area contributed by atoms with Gasteiger partial charge in [-0.1, -0.05) is 18.5 Å². The molecule has 0 amide bonds. The predicted octanol–water partition coefficient (Wildman–Crippen LogP) is 2.17. The molecule has 0 fully saturated rings. The van der Waals surface area contributed by atoms with Crippen molar-refractivity contribution >= 4 is 22.9 Å². The molecule has 1 rings (SSSR count). The lowest BCUT2D eigenvalue weighted by atomic mass is 10.1. The second-order valence-electron chi connectivity index (χ2n) is 2.68. The lowest BCUT2D eigenvalue weighted by molar-refractivity contribution is 0.148. The van der Waals surface area contributed by atoms with Gasteiger partial charge in [0.1, 0.15) is 6.10 Å². The Labute approximate surface area is 81.0 Å². The zero-order valence-corrected chi connectivity index (χ0v) is 8.40. The molecule has 1 heterocycles. The summed E-state index contributed by atoms with van der Waals surface area (Å²) >= 11 is 7.15. The molecule has 4 heteroatoms. The molecular formula is C8H12ClNOS. The average Bonchev–Trinajstić information content (AvgIpc) is 2.49. The Bertz CT molecular complexity index is 251. The highest BCUT2D eigenvalue weighted by molar-refractivity contribution is 7.10. The molecule has 1 aromatic heterocycles. The second-order valence-corrected chi connectivity index (χ2v) is 4.06. The van der Waals surface area contributed by atoms with Crippen LogP contribution in [0.4, 0.5) is 0 Å². The molecule has 0 spiro atoms. The van der Waals surface area contributed by atoms with Gasteiger partial charge in [-0.15, -0.1) is 11.3 Å². The van der Waals surface area contributed by atoms with Crippen molar-refractivity contribution < 1.29 is 5.11 Å². The van der Waals surface area contributed by atoms with E-state index < -0.39 is 6.10 Å². The minimum absolute atomic E-state index is 0.195. The lowest BCUT2D eigenvalue weighted by Gasteiger charge is -2.14. The lowest BCUT2D eigenvalue weighted by Crippen LogP contribution is -2.26. The summed E-state index contributed by atoms with van der Waals surface area (Å²) in [5.41, 5.74) is 5.67. The zero-order valence-electron chi connectivity index (χ0n) is 6.83. The predicted molar refractivity (Wildman–Crippen MR) is 52.6 cm³/mol. The molecule has 0 saturated heterocycles. The van der Waals surface area contributed by atoms with Crippen molar-refractivity contribution in [1.82, 2.24) is 0 Å². The van der Waals surface area contributed by atoms with Crippen molar-refractivity contribution in [3.63, 3.8) is 0 Å². The summed E-state index contributed by atoms with van der Waals surface area (Å²) < 4.78 is 0. The normalized spacial score (nSPS) is 16.0. The molecule has 2 unspecified atom stereocenters. The maximum Gasteiger partial charge on any atom is 0.103 e. The third-order valence-corrected chi connectivity index (χ3v) is 3.11. The molecule has 0 aliphatic heterocycles. The van der Waals surface area contributed by atoms with Gasteiger partial charge in [0.15, 0.2) is 0 Å². The van der Waals surface area contributed by atoms with Crippen LogP contribution in [0.25, 0.3) is 0 Å². The van der Waals surface area contributed by atoms with Crippen LogP contribution in [0.3, 0.4) is 0 Å². The summed E-state index contributed by atoms with van der Waals surface area (Å²) in [6.07, 6.45) is 0.184. The largest absolute Gasteiger partial charge is 0.386 e. The van der Waals surface area contributed by atoms with E-state index in [1.165, 1.54) is 11.3 Å². The van der Waals surface area contributed by atoms with Gasteiger partial charge in [0, 0.05) is 16.3 Å². The van der Waals surface area contributed by atoms with Crippen LogP contribution in [0.5, 0.6) is 0 Å². The Morgan fingerprint density at radius 2 is 2.42 bits per heavy atom. The fraction of sp³-hybridized carbons (Fsp3) is 0.500. The first-order valence-corrected chi connectivity index (χ1v) is 5.08. The monoisotopic (exact) mass is 205 g/mol. The molecular weight excluding hydrogens is 194 g/mol. The van der Waals surface area contributed by atoms with Crippen LogP contribution < -0.4 is 5.73 Å². The van der Waals surface area contributed by atoms with Gasteiger partial charge in [-0.05, 0) is 12.5 Å². The molecule has 0 aromatic carbocycles. The van der Waals surface area contributed by atoms with Crippen LogP contribution in [0.2, 0.25) is 5.02 Å². The molecule has 68 valence electrons. The summed E-state index contributed by atoms with van der Waals surface area (Å²) in [6.45, 7) is 1.95. The number of thiophene rings is 1. The maximum absolute atomic E-state index is 9.63. The first-order valence-electron chi connectivity index (χ1n) is 3.82. The van der Waals surface area contributed by atoms with E-state index in [9.17, 15) is 5.11 Å². The van der Waals surface area contributed by atoms with Crippen LogP contribution >= 0.6 is 22.9 Å². The molecule has 0 bridgehead atoms. The maximum atomic E-state index is 9.63. The molecule has 3 N–H and O–H groups in total. The summed E-state index contributed by atoms with van der Waals surface area (Å²) in [4.78, 5) is 0.842. The zero-order chi connectivity index (χ0) is 9.14. The van der Waals surface area contributed by atoms with Crippen LogP contribution in [0.1, 0.15) is 24.3 Å². The van der Waals surface area contributed by atoms with Gasteiger partial charge in [-0.25, -0.2) is 0 Å². The molecule has 1 aromatic rings. The smallest absolute Gasteiger partial charge is 0.103 e. The number of aliphatic hydroxyl groups is 1.